The van der Waals surface area contributed by atoms with Crippen molar-refractivity contribution >= 4 is 15.9 Å². The molecule has 3 aliphatic rings. The third-order valence-corrected chi connectivity index (χ3v) is 7.07. The minimum absolute atomic E-state index is 0.107. The van der Waals surface area contributed by atoms with Crippen LogP contribution >= 0.6 is 0 Å². The van der Waals surface area contributed by atoms with Gasteiger partial charge >= 0.3 is 10.2 Å². The van der Waals surface area contributed by atoms with E-state index < -0.39 is 10.2 Å². The second-order valence-corrected chi connectivity index (χ2v) is 8.24. The topological polar surface area (TPSA) is 78.7 Å². The first-order valence-corrected chi connectivity index (χ1v) is 9.33. The largest absolute Gasteiger partial charge is 0.330 e. The summed E-state index contributed by atoms with van der Waals surface area (Å²) in [6.45, 7) is 2.45. The lowest BCUT2D eigenvalue weighted by Gasteiger charge is -2.32. The molecule has 1 unspecified atom stereocenters. The number of benzene rings is 1. The van der Waals surface area contributed by atoms with Gasteiger partial charge in [0.2, 0.25) is 0 Å². The predicted octanol–water partition coefficient (Wildman–Crippen LogP) is 0.230. The molecule has 1 aromatic rings. The van der Waals surface area contributed by atoms with Crippen molar-refractivity contribution in [2.24, 2.45) is 5.73 Å². The number of nitrogens with two attached hydrogens (primary N) is 1. The molecule has 3 N–H and O–H groups in total. The Morgan fingerprint density at radius 1 is 1.27 bits per heavy atom. The minimum atomic E-state index is -3.45. The fourth-order valence-corrected chi connectivity index (χ4v) is 6.00. The van der Waals surface area contributed by atoms with Gasteiger partial charge in [0.05, 0.1) is 5.69 Å². The normalized spacial score (nSPS) is 31.0. The van der Waals surface area contributed by atoms with Gasteiger partial charge in [-0.1, -0.05) is 18.2 Å². The maximum absolute atomic E-state index is 13.1. The van der Waals surface area contributed by atoms with Gasteiger partial charge < -0.3 is 11.1 Å². The van der Waals surface area contributed by atoms with Gasteiger partial charge in [0.15, 0.2) is 0 Å². The van der Waals surface area contributed by atoms with E-state index in [9.17, 15) is 8.42 Å². The van der Waals surface area contributed by atoms with Gasteiger partial charge in [-0.2, -0.15) is 12.7 Å². The van der Waals surface area contributed by atoms with Crippen molar-refractivity contribution in [3.63, 3.8) is 0 Å². The van der Waals surface area contributed by atoms with Gasteiger partial charge in [-0.3, -0.25) is 4.31 Å². The summed E-state index contributed by atoms with van der Waals surface area (Å²) in [6, 6.07) is 8.25. The zero-order valence-electron chi connectivity index (χ0n) is 12.5. The maximum Gasteiger partial charge on any atom is 0.304 e. The molecule has 6 nitrogen and oxygen atoms in total. The van der Waals surface area contributed by atoms with E-state index >= 15 is 0 Å². The molecule has 22 heavy (non-hydrogen) atoms. The molecule has 0 radical (unpaired) electrons. The summed E-state index contributed by atoms with van der Waals surface area (Å²) in [5.41, 5.74) is 7.65. The SMILES string of the molecule is NCCC1CN(S(=O)(=O)N2C[C@@H]3C[C@H]2CN3)c2ccccc21. The Bertz CT molecular complexity index is 678. The van der Waals surface area contributed by atoms with Gasteiger partial charge in [0.25, 0.3) is 0 Å². The average Bonchev–Trinajstić information content (AvgIpc) is 3.22. The van der Waals surface area contributed by atoms with E-state index in [2.05, 4.69) is 5.32 Å². The molecule has 3 aliphatic heterocycles. The van der Waals surface area contributed by atoms with E-state index in [0.717, 1.165) is 30.6 Å². The molecule has 4 rings (SSSR count). The number of para-hydroxylation sites is 1. The molecule has 3 atom stereocenters. The van der Waals surface area contributed by atoms with Crippen LogP contribution in [0.2, 0.25) is 0 Å². The molecular weight excluding hydrogens is 300 g/mol. The summed E-state index contributed by atoms with van der Waals surface area (Å²) in [6.07, 6.45) is 1.75. The fourth-order valence-electron chi connectivity index (χ4n) is 4.05. The summed E-state index contributed by atoms with van der Waals surface area (Å²) in [7, 11) is -3.45. The molecule has 0 saturated carbocycles. The summed E-state index contributed by atoms with van der Waals surface area (Å²) < 4.78 is 29.6. The van der Waals surface area contributed by atoms with Crippen LogP contribution in [0.5, 0.6) is 0 Å². The van der Waals surface area contributed by atoms with Crippen LogP contribution in [-0.4, -0.2) is 51.0 Å². The highest BCUT2D eigenvalue weighted by Gasteiger charge is 2.47. The lowest BCUT2D eigenvalue weighted by Crippen LogP contribution is -2.52. The lowest BCUT2D eigenvalue weighted by atomic mass is 9.98. The van der Waals surface area contributed by atoms with Crippen LogP contribution in [0.3, 0.4) is 0 Å². The van der Waals surface area contributed by atoms with E-state index in [1.807, 2.05) is 24.3 Å². The molecule has 0 spiro atoms. The van der Waals surface area contributed by atoms with E-state index in [0.29, 0.717) is 25.7 Å². The molecular formula is C15H22N4O2S. The molecule has 120 valence electrons. The molecule has 2 bridgehead atoms. The molecule has 0 aliphatic carbocycles. The molecule has 0 amide bonds. The zero-order valence-corrected chi connectivity index (χ0v) is 13.3. The van der Waals surface area contributed by atoms with Gasteiger partial charge in [0.1, 0.15) is 0 Å². The summed E-state index contributed by atoms with van der Waals surface area (Å²) >= 11 is 0. The monoisotopic (exact) mass is 322 g/mol. The number of hydrogen-bond acceptors (Lipinski definition) is 4. The van der Waals surface area contributed by atoms with Crippen LogP contribution in [0.25, 0.3) is 0 Å². The molecule has 7 heteroatoms. The highest BCUT2D eigenvalue weighted by molar-refractivity contribution is 7.90. The van der Waals surface area contributed by atoms with Crippen molar-refractivity contribution in [2.45, 2.75) is 30.8 Å². The van der Waals surface area contributed by atoms with Gasteiger partial charge in [0, 0.05) is 37.6 Å². The summed E-state index contributed by atoms with van der Waals surface area (Å²) in [5, 5.41) is 3.36. The van der Waals surface area contributed by atoms with Crippen molar-refractivity contribution in [2.75, 3.05) is 30.5 Å². The van der Waals surface area contributed by atoms with Crippen LogP contribution in [0.15, 0.2) is 24.3 Å². The summed E-state index contributed by atoms with van der Waals surface area (Å²) in [4.78, 5) is 0. The van der Waals surface area contributed by atoms with Gasteiger partial charge in [-0.25, -0.2) is 0 Å². The van der Waals surface area contributed by atoms with E-state index in [-0.39, 0.29) is 12.0 Å². The number of nitrogens with zero attached hydrogens (tertiary/aromatic N) is 2. The molecule has 2 saturated heterocycles. The number of anilines is 1. The number of hydrogen-bond donors (Lipinski definition) is 2. The Labute approximate surface area is 131 Å². The standard InChI is InChI=1S/C15H22N4O2S/c16-6-5-11-9-19(15-4-2-1-3-14(11)15)22(20,21)18-10-12-7-13(18)8-17-12/h1-4,11-13,17H,5-10,16H2/t11?,12-,13-/m0/s1. The van der Waals surface area contributed by atoms with Crippen LogP contribution in [0.4, 0.5) is 5.69 Å². The predicted molar refractivity (Wildman–Crippen MR) is 86.0 cm³/mol. The first kappa shape index (κ1) is 14.4. The quantitative estimate of drug-likeness (QED) is 0.832. The Kier molecular flexibility index (Phi) is 3.41. The Balaban J connectivity index is 1.68. The van der Waals surface area contributed by atoms with E-state index in [1.54, 1.807) is 8.61 Å². The Morgan fingerprint density at radius 3 is 2.77 bits per heavy atom. The highest BCUT2D eigenvalue weighted by atomic mass is 32.2. The van der Waals surface area contributed by atoms with E-state index in [1.165, 1.54) is 0 Å². The molecule has 0 aromatic heterocycles. The maximum atomic E-state index is 13.1. The van der Waals surface area contributed by atoms with Gasteiger partial charge in [-0.05, 0) is 31.0 Å². The third-order valence-electron chi connectivity index (χ3n) is 5.13. The lowest BCUT2D eigenvalue weighted by molar-refractivity contribution is 0.347. The van der Waals surface area contributed by atoms with Crippen LogP contribution in [0, 0.1) is 0 Å². The molecule has 2 fully saturated rings. The molecule has 3 heterocycles. The number of piperazine rings is 1. The Morgan fingerprint density at radius 2 is 2.09 bits per heavy atom. The molecule has 1 aromatic carbocycles. The van der Waals surface area contributed by atoms with Crippen molar-refractivity contribution in [3.8, 4) is 0 Å². The summed E-state index contributed by atoms with van der Waals surface area (Å²) in [5.74, 6) is 0.203. The average molecular weight is 322 g/mol. The van der Waals surface area contributed by atoms with Crippen molar-refractivity contribution in [1.29, 1.82) is 0 Å². The number of nitrogens with one attached hydrogen (secondary N) is 1. The second-order valence-electron chi connectivity index (χ2n) is 6.44. The van der Waals surface area contributed by atoms with Crippen LogP contribution < -0.4 is 15.4 Å². The Hall–Kier alpha value is -1.15. The van der Waals surface area contributed by atoms with Crippen molar-refractivity contribution in [3.05, 3.63) is 29.8 Å². The van der Waals surface area contributed by atoms with E-state index in [4.69, 9.17) is 5.73 Å². The highest BCUT2D eigenvalue weighted by Crippen LogP contribution is 2.41. The van der Waals surface area contributed by atoms with Crippen molar-refractivity contribution in [1.82, 2.24) is 9.62 Å². The first-order valence-electron chi connectivity index (χ1n) is 7.93. The zero-order chi connectivity index (χ0) is 15.3. The fraction of sp³-hybridized carbons (Fsp3) is 0.600. The number of fused-ring (bicyclic) bond motifs is 3. The van der Waals surface area contributed by atoms with Crippen LogP contribution in [0.1, 0.15) is 24.3 Å². The minimum Gasteiger partial charge on any atom is -0.330 e. The van der Waals surface area contributed by atoms with Gasteiger partial charge in [-0.15, -0.1) is 0 Å². The third kappa shape index (κ3) is 2.07. The van der Waals surface area contributed by atoms with Crippen LogP contribution in [-0.2, 0) is 10.2 Å². The van der Waals surface area contributed by atoms with Crippen molar-refractivity contribution < 1.29 is 8.42 Å². The first-order chi connectivity index (χ1) is 10.6. The smallest absolute Gasteiger partial charge is 0.304 e. The second kappa shape index (κ2) is 5.19. The number of rotatable bonds is 4.